The summed E-state index contributed by atoms with van der Waals surface area (Å²) in [7, 11) is 0. The van der Waals surface area contributed by atoms with Gasteiger partial charge in [0.05, 0.1) is 24.4 Å². The van der Waals surface area contributed by atoms with Crippen molar-refractivity contribution in [2.24, 2.45) is 44.8 Å². The van der Waals surface area contributed by atoms with Crippen molar-refractivity contribution in [2.45, 2.75) is 130 Å². The number of hydrogen-bond donors (Lipinski definition) is 2. The van der Waals surface area contributed by atoms with E-state index >= 15 is 0 Å². The molecule has 6 rings (SSSR count). The molecule has 4 nitrogen and oxygen atoms in total. The third-order valence-corrected chi connectivity index (χ3v) is 13.5. The van der Waals surface area contributed by atoms with Crippen molar-refractivity contribution in [1.82, 2.24) is 0 Å². The van der Waals surface area contributed by atoms with E-state index in [2.05, 4.69) is 61.5 Å². The zero-order chi connectivity index (χ0) is 25.4. The quantitative estimate of drug-likeness (QED) is 0.430. The number of aliphatic hydroxyl groups excluding tert-OH is 1. The van der Waals surface area contributed by atoms with Crippen LogP contribution in [0.4, 0.5) is 0 Å². The van der Waals surface area contributed by atoms with Crippen LogP contribution >= 0.6 is 0 Å². The number of allylic oxidation sites excluding steroid dienone is 1. The molecule has 4 aliphatic carbocycles. The van der Waals surface area contributed by atoms with Gasteiger partial charge >= 0.3 is 0 Å². The zero-order valence-electron chi connectivity index (χ0n) is 23.5. The Labute approximate surface area is 213 Å². The van der Waals surface area contributed by atoms with Crippen molar-refractivity contribution >= 4 is 0 Å². The molecule has 0 aromatic carbocycles. The fourth-order valence-corrected chi connectivity index (χ4v) is 12.3. The van der Waals surface area contributed by atoms with E-state index in [0.717, 1.165) is 32.3 Å². The minimum Gasteiger partial charge on any atom is -0.393 e. The third-order valence-electron chi connectivity index (χ3n) is 13.5. The Morgan fingerprint density at radius 3 is 2.23 bits per heavy atom. The Hall–Kier alpha value is -0.420. The van der Waals surface area contributed by atoms with Gasteiger partial charge in [-0.2, -0.15) is 0 Å². The smallest absolute Gasteiger partial charge is 0.175 e. The summed E-state index contributed by atoms with van der Waals surface area (Å²) in [6.07, 6.45) is 10.2. The minimum absolute atomic E-state index is 0.00282. The summed E-state index contributed by atoms with van der Waals surface area (Å²) in [4.78, 5) is 0. The van der Waals surface area contributed by atoms with Crippen molar-refractivity contribution < 1.29 is 19.7 Å². The Balaban J connectivity index is 1.44. The average Bonchev–Trinajstić information content (AvgIpc) is 3.20. The molecule has 4 saturated carbocycles. The maximum absolute atomic E-state index is 12.0. The minimum atomic E-state index is -0.812. The number of aliphatic hydroxyl groups is 2. The summed E-state index contributed by atoms with van der Waals surface area (Å²) < 4.78 is 13.7. The van der Waals surface area contributed by atoms with Crippen LogP contribution in [-0.2, 0) is 9.47 Å². The lowest BCUT2D eigenvalue weighted by atomic mass is 9.33. The Bertz CT molecular complexity index is 950. The van der Waals surface area contributed by atoms with Crippen LogP contribution in [0.1, 0.15) is 107 Å². The van der Waals surface area contributed by atoms with Crippen LogP contribution in [-0.4, -0.2) is 40.4 Å². The first-order valence-corrected chi connectivity index (χ1v) is 14.5. The predicted molar refractivity (Wildman–Crippen MR) is 138 cm³/mol. The highest BCUT2D eigenvalue weighted by Gasteiger charge is 2.84. The van der Waals surface area contributed by atoms with Gasteiger partial charge in [0.15, 0.2) is 5.79 Å². The summed E-state index contributed by atoms with van der Waals surface area (Å²) in [5.74, 6) is 0.501. The van der Waals surface area contributed by atoms with E-state index in [4.69, 9.17) is 9.47 Å². The van der Waals surface area contributed by atoms with Crippen molar-refractivity contribution in [3.63, 3.8) is 0 Å². The van der Waals surface area contributed by atoms with Crippen LogP contribution in [0.25, 0.3) is 0 Å². The molecule has 11 atom stereocenters. The highest BCUT2D eigenvalue weighted by atomic mass is 16.7. The monoisotopic (exact) mass is 486 g/mol. The van der Waals surface area contributed by atoms with E-state index in [-0.39, 0.29) is 45.2 Å². The molecular formula is C31H50O4. The van der Waals surface area contributed by atoms with E-state index < -0.39 is 11.4 Å². The lowest BCUT2D eigenvalue weighted by Gasteiger charge is -2.72. The molecule has 6 fully saturated rings. The van der Waals surface area contributed by atoms with Crippen molar-refractivity contribution in [1.29, 1.82) is 0 Å². The van der Waals surface area contributed by atoms with Gasteiger partial charge in [0, 0.05) is 24.2 Å². The van der Waals surface area contributed by atoms with E-state index in [1.165, 1.54) is 24.8 Å². The molecule has 0 aromatic heterocycles. The van der Waals surface area contributed by atoms with Gasteiger partial charge in [-0.1, -0.05) is 46.3 Å². The summed E-state index contributed by atoms with van der Waals surface area (Å²) >= 11 is 0. The molecule has 2 heterocycles. The van der Waals surface area contributed by atoms with Gasteiger partial charge in [0.25, 0.3) is 0 Å². The normalized spacial score (nSPS) is 60.2. The van der Waals surface area contributed by atoms with Crippen LogP contribution < -0.4 is 0 Å². The van der Waals surface area contributed by atoms with Gasteiger partial charge in [-0.15, -0.1) is 0 Å². The number of fused-ring (bicyclic) bond motifs is 4. The summed E-state index contributed by atoms with van der Waals surface area (Å²) in [6.45, 7) is 19.3. The average molecular weight is 487 g/mol. The molecule has 4 heteroatoms. The van der Waals surface area contributed by atoms with Crippen LogP contribution in [0.2, 0.25) is 0 Å². The number of ether oxygens (including phenoxy) is 2. The summed E-state index contributed by atoms with van der Waals surface area (Å²) in [5.41, 5.74) is 0.796. The molecular weight excluding hydrogens is 436 g/mol. The summed E-state index contributed by atoms with van der Waals surface area (Å²) in [6, 6.07) is 0. The first-order chi connectivity index (χ1) is 16.1. The highest BCUT2D eigenvalue weighted by molar-refractivity contribution is 5.30. The van der Waals surface area contributed by atoms with Crippen LogP contribution in [0.3, 0.4) is 0 Å². The number of hydrogen-bond acceptors (Lipinski definition) is 4. The molecule has 2 bridgehead atoms. The van der Waals surface area contributed by atoms with Crippen LogP contribution in [0, 0.1) is 44.8 Å². The van der Waals surface area contributed by atoms with Gasteiger partial charge in [-0.3, -0.25) is 0 Å². The molecule has 2 spiro atoms. The number of rotatable bonds is 1. The SMILES string of the molecule is CC(C)=C[C@@H]1C[C@](C)(O)C2[C@]3(C[C@]4(CO3)[C@]2(C)CC[C@@H]2[C@@]3(C)CC[C@H](O)C(C)(C)[C@@H]3CC[C@]24C)O1. The molecule has 35 heavy (non-hydrogen) atoms. The van der Waals surface area contributed by atoms with Gasteiger partial charge < -0.3 is 19.7 Å². The topological polar surface area (TPSA) is 58.9 Å². The Morgan fingerprint density at radius 2 is 1.54 bits per heavy atom. The Morgan fingerprint density at radius 1 is 0.886 bits per heavy atom. The molecule has 2 saturated heterocycles. The molecule has 0 amide bonds. The van der Waals surface area contributed by atoms with E-state index in [1.807, 2.05) is 0 Å². The second-order valence-corrected chi connectivity index (χ2v) is 15.7. The van der Waals surface area contributed by atoms with Crippen LogP contribution in [0.5, 0.6) is 0 Å². The Kier molecular flexibility index (Phi) is 4.95. The second-order valence-electron chi connectivity index (χ2n) is 15.7. The van der Waals surface area contributed by atoms with Crippen LogP contribution in [0.15, 0.2) is 11.6 Å². The van der Waals surface area contributed by atoms with Gasteiger partial charge in [-0.05, 0) is 92.8 Å². The molecule has 2 aliphatic heterocycles. The standard InChI is InChI=1S/C31H50O4/c1-19(2)15-20-16-29(8,33)24-28(7)14-10-22-26(5)12-11-23(32)25(3,4)21(26)9-13-27(22,6)30(28)17-31(24,35-20)34-18-30/h15,20-24,32-33H,9-14,16-18H2,1-8H3/t20-,21+,22-,23+,24?,26+,27-,28-,29+,30-,31+/m1/s1. The maximum Gasteiger partial charge on any atom is 0.175 e. The van der Waals surface area contributed by atoms with Crippen molar-refractivity contribution in [3.05, 3.63) is 11.6 Å². The van der Waals surface area contributed by atoms with Gasteiger partial charge in [0.2, 0.25) is 0 Å². The zero-order valence-corrected chi connectivity index (χ0v) is 23.5. The van der Waals surface area contributed by atoms with E-state index in [0.29, 0.717) is 18.3 Å². The molecule has 0 radical (unpaired) electrons. The molecule has 2 N–H and O–H groups in total. The molecule has 1 unspecified atom stereocenters. The molecule has 6 aliphatic rings. The van der Waals surface area contributed by atoms with E-state index in [1.54, 1.807) is 0 Å². The molecule has 0 aromatic rings. The fraction of sp³-hybridized carbons (Fsp3) is 0.935. The van der Waals surface area contributed by atoms with Crippen molar-refractivity contribution in [3.8, 4) is 0 Å². The largest absolute Gasteiger partial charge is 0.393 e. The van der Waals surface area contributed by atoms with E-state index in [9.17, 15) is 10.2 Å². The fourth-order valence-electron chi connectivity index (χ4n) is 12.3. The second kappa shape index (κ2) is 6.96. The predicted octanol–water partition coefficient (Wildman–Crippen LogP) is 6.25. The first kappa shape index (κ1) is 24.9. The third kappa shape index (κ3) is 2.74. The lowest BCUT2D eigenvalue weighted by molar-refractivity contribution is -0.358. The lowest BCUT2D eigenvalue weighted by Crippen LogP contribution is -2.70. The highest BCUT2D eigenvalue weighted by Crippen LogP contribution is 2.84. The molecule has 198 valence electrons. The van der Waals surface area contributed by atoms with Gasteiger partial charge in [-0.25, -0.2) is 0 Å². The maximum atomic E-state index is 12.0. The summed E-state index contributed by atoms with van der Waals surface area (Å²) in [5, 5.41) is 23.0. The van der Waals surface area contributed by atoms with Gasteiger partial charge in [0.1, 0.15) is 0 Å². The van der Waals surface area contributed by atoms with Crippen molar-refractivity contribution in [2.75, 3.05) is 6.61 Å². The first-order valence-electron chi connectivity index (χ1n) is 14.5.